The molecule has 1 heterocycles. The Balaban J connectivity index is 0.00000162. The van der Waals surface area contributed by atoms with Crippen molar-refractivity contribution in [3.63, 3.8) is 0 Å². The first-order chi connectivity index (χ1) is 8.20. The summed E-state index contributed by atoms with van der Waals surface area (Å²) in [4.78, 5) is 11.3. The third-order valence-corrected chi connectivity index (χ3v) is 2.52. The fourth-order valence-electron chi connectivity index (χ4n) is 1.66. The summed E-state index contributed by atoms with van der Waals surface area (Å²) in [7, 11) is 0. The average Bonchev–Trinajstić information content (AvgIpc) is 2.75. The molecule has 0 spiro atoms. The lowest BCUT2D eigenvalue weighted by molar-refractivity contribution is -0.143. The van der Waals surface area contributed by atoms with Gasteiger partial charge in [0, 0.05) is 6.04 Å². The van der Waals surface area contributed by atoms with Crippen LogP contribution in [0.25, 0.3) is 0 Å². The molecule has 0 saturated heterocycles. The zero-order valence-corrected chi connectivity index (χ0v) is 10.8. The monoisotopic (exact) mass is 272 g/mol. The van der Waals surface area contributed by atoms with Gasteiger partial charge in [0.05, 0.1) is 13.0 Å². The van der Waals surface area contributed by atoms with Crippen molar-refractivity contribution in [2.45, 2.75) is 19.4 Å². The first kappa shape index (κ1) is 14.6. The van der Waals surface area contributed by atoms with E-state index in [0.717, 1.165) is 5.56 Å². The van der Waals surface area contributed by atoms with Gasteiger partial charge in [0.2, 0.25) is 6.79 Å². The molecule has 2 rings (SSSR count). The van der Waals surface area contributed by atoms with Crippen LogP contribution in [0.5, 0.6) is 11.5 Å². The number of rotatable bonds is 4. The van der Waals surface area contributed by atoms with Crippen LogP contribution in [-0.4, -0.2) is 19.4 Å². The molecule has 18 heavy (non-hydrogen) atoms. The van der Waals surface area contributed by atoms with E-state index in [9.17, 15) is 4.79 Å². The molecule has 0 amide bonds. The number of fused-ring (bicyclic) bond motifs is 1. The van der Waals surface area contributed by atoms with E-state index in [1.165, 1.54) is 0 Å². The maximum Gasteiger partial charge on any atom is 0.307 e. The molecule has 1 aromatic rings. The lowest BCUT2D eigenvalue weighted by Crippen LogP contribution is -3.00. The van der Waals surface area contributed by atoms with E-state index in [4.69, 9.17) is 19.9 Å². The second kappa shape index (κ2) is 6.47. The summed E-state index contributed by atoms with van der Waals surface area (Å²) in [5.74, 6) is 1.08. The fraction of sp³-hybridized carbons (Fsp3) is 0.417. The highest BCUT2D eigenvalue weighted by atomic mass is 35.5. The Kier molecular flexibility index (Phi) is 5.25. The first-order valence-corrected chi connectivity index (χ1v) is 5.51. The van der Waals surface area contributed by atoms with Gasteiger partial charge in [-0.2, -0.15) is 0 Å². The summed E-state index contributed by atoms with van der Waals surface area (Å²) in [6.07, 6.45) is 0.160. The maximum absolute atomic E-state index is 11.3. The van der Waals surface area contributed by atoms with Gasteiger partial charge in [-0.15, -0.1) is 0 Å². The van der Waals surface area contributed by atoms with Gasteiger partial charge in [0.15, 0.2) is 11.5 Å². The van der Waals surface area contributed by atoms with Crippen molar-refractivity contribution >= 4 is 5.97 Å². The van der Waals surface area contributed by atoms with Crippen molar-refractivity contribution < 1.29 is 31.4 Å². The van der Waals surface area contributed by atoms with Crippen LogP contribution in [0.4, 0.5) is 0 Å². The van der Waals surface area contributed by atoms with E-state index < -0.39 is 0 Å². The Morgan fingerprint density at radius 1 is 1.44 bits per heavy atom. The second-order valence-corrected chi connectivity index (χ2v) is 3.73. The zero-order chi connectivity index (χ0) is 12.3. The topological polar surface area (TPSA) is 70.8 Å². The number of carbonyl (C=O) groups is 1. The van der Waals surface area contributed by atoms with E-state index in [1.54, 1.807) is 19.1 Å². The lowest BCUT2D eigenvalue weighted by Gasteiger charge is -2.11. The van der Waals surface area contributed by atoms with Crippen LogP contribution in [0.1, 0.15) is 24.9 Å². The molecule has 1 aromatic carbocycles. The van der Waals surface area contributed by atoms with E-state index >= 15 is 0 Å². The van der Waals surface area contributed by atoms with Gasteiger partial charge in [-0.3, -0.25) is 4.79 Å². The molecule has 0 aromatic heterocycles. The molecule has 0 aliphatic carbocycles. The van der Waals surface area contributed by atoms with Crippen LogP contribution in [0, 0.1) is 0 Å². The largest absolute Gasteiger partial charge is 1.00 e. The number of hydrogen-bond donors (Lipinski definition) is 1. The molecule has 0 radical (unpaired) electrons. The van der Waals surface area contributed by atoms with Crippen molar-refractivity contribution in [1.82, 2.24) is 0 Å². The number of ether oxygens (including phenoxy) is 3. The predicted molar refractivity (Wildman–Crippen MR) is 60.7 cm³/mol. The number of benzene rings is 1. The Morgan fingerprint density at radius 3 is 2.89 bits per heavy atom. The standard InChI is InChI=1S/C12H15NO4.ClH/c1-2-15-12(14)6-9(13)8-3-4-10-11(5-8)17-7-16-10;/h3-5,9H,2,6-7,13H2,1H3;1H/p-1. The lowest BCUT2D eigenvalue weighted by atomic mass is 10.0. The summed E-state index contributed by atoms with van der Waals surface area (Å²) in [5.41, 5.74) is 6.76. The minimum absolute atomic E-state index is 0. The van der Waals surface area contributed by atoms with Gasteiger partial charge in [-0.05, 0) is 24.6 Å². The maximum atomic E-state index is 11.3. The Bertz CT molecular complexity index is 425. The highest BCUT2D eigenvalue weighted by Crippen LogP contribution is 2.34. The van der Waals surface area contributed by atoms with Crippen LogP contribution < -0.4 is 27.6 Å². The molecule has 5 nitrogen and oxygen atoms in total. The minimum atomic E-state index is -0.386. The second-order valence-electron chi connectivity index (χ2n) is 3.73. The zero-order valence-electron chi connectivity index (χ0n) is 10.0. The highest BCUT2D eigenvalue weighted by Gasteiger charge is 2.18. The number of esters is 1. The minimum Gasteiger partial charge on any atom is -1.00 e. The van der Waals surface area contributed by atoms with E-state index in [0.29, 0.717) is 18.1 Å². The Labute approximate surface area is 112 Å². The number of carbonyl (C=O) groups excluding carboxylic acids is 1. The number of hydrogen-bond acceptors (Lipinski definition) is 5. The van der Waals surface area contributed by atoms with Gasteiger partial charge in [0.25, 0.3) is 0 Å². The van der Waals surface area contributed by atoms with E-state index in [1.807, 2.05) is 6.07 Å². The van der Waals surface area contributed by atoms with Crippen molar-refractivity contribution in [2.24, 2.45) is 5.73 Å². The third-order valence-electron chi connectivity index (χ3n) is 2.52. The normalized spacial score (nSPS) is 13.7. The molecule has 1 unspecified atom stereocenters. The number of halogens is 1. The fourth-order valence-corrected chi connectivity index (χ4v) is 1.66. The smallest absolute Gasteiger partial charge is 0.307 e. The molecule has 2 N–H and O–H groups in total. The summed E-state index contributed by atoms with van der Waals surface area (Å²) < 4.78 is 15.3. The molecular formula is C12H15ClNO4-. The molecule has 1 atom stereocenters. The van der Waals surface area contributed by atoms with Gasteiger partial charge in [0.1, 0.15) is 0 Å². The third kappa shape index (κ3) is 3.27. The quantitative estimate of drug-likeness (QED) is 0.667. The molecule has 0 bridgehead atoms. The van der Waals surface area contributed by atoms with Crippen molar-refractivity contribution in [1.29, 1.82) is 0 Å². The van der Waals surface area contributed by atoms with Crippen molar-refractivity contribution in [3.8, 4) is 11.5 Å². The molecule has 6 heteroatoms. The first-order valence-electron chi connectivity index (χ1n) is 5.51. The highest BCUT2D eigenvalue weighted by molar-refractivity contribution is 5.70. The number of nitrogens with two attached hydrogens (primary N) is 1. The molecule has 0 fully saturated rings. The van der Waals surface area contributed by atoms with Gasteiger partial charge < -0.3 is 32.4 Å². The van der Waals surface area contributed by atoms with Crippen LogP contribution in [0.3, 0.4) is 0 Å². The Hall–Kier alpha value is -1.46. The molecule has 0 saturated carbocycles. The SMILES string of the molecule is CCOC(=O)CC(N)c1ccc2c(c1)OCO2.[Cl-]. The van der Waals surface area contributed by atoms with Gasteiger partial charge in [-0.1, -0.05) is 6.07 Å². The van der Waals surface area contributed by atoms with Crippen molar-refractivity contribution in [2.75, 3.05) is 13.4 Å². The van der Waals surface area contributed by atoms with Crippen LogP contribution in [-0.2, 0) is 9.53 Å². The predicted octanol–water partition coefficient (Wildman–Crippen LogP) is -1.63. The summed E-state index contributed by atoms with van der Waals surface area (Å²) in [5, 5.41) is 0. The average molecular weight is 273 g/mol. The summed E-state index contributed by atoms with van der Waals surface area (Å²) in [6, 6.07) is 5.04. The summed E-state index contributed by atoms with van der Waals surface area (Å²) in [6.45, 7) is 2.36. The molecular weight excluding hydrogens is 258 g/mol. The van der Waals surface area contributed by atoms with Crippen LogP contribution in [0.15, 0.2) is 18.2 Å². The Morgan fingerprint density at radius 2 is 2.17 bits per heavy atom. The molecule has 100 valence electrons. The van der Waals surface area contributed by atoms with Gasteiger partial charge in [-0.25, -0.2) is 0 Å². The van der Waals surface area contributed by atoms with Gasteiger partial charge >= 0.3 is 5.97 Å². The molecule has 1 aliphatic rings. The van der Waals surface area contributed by atoms with E-state index in [2.05, 4.69) is 0 Å². The molecule has 1 aliphatic heterocycles. The summed E-state index contributed by atoms with van der Waals surface area (Å²) >= 11 is 0. The van der Waals surface area contributed by atoms with E-state index in [-0.39, 0.29) is 37.6 Å². The van der Waals surface area contributed by atoms with Crippen LogP contribution in [0.2, 0.25) is 0 Å². The van der Waals surface area contributed by atoms with Crippen molar-refractivity contribution in [3.05, 3.63) is 23.8 Å². The van der Waals surface area contributed by atoms with Crippen LogP contribution >= 0.6 is 0 Å².